The highest BCUT2D eigenvalue weighted by Crippen LogP contribution is 2.30. The second-order valence-corrected chi connectivity index (χ2v) is 4.57. The van der Waals surface area contributed by atoms with Crippen LogP contribution in [-0.4, -0.2) is 12.7 Å². The van der Waals surface area contributed by atoms with Gasteiger partial charge in [0.05, 0.1) is 12.3 Å². The van der Waals surface area contributed by atoms with Gasteiger partial charge in [-0.15, -0.1) is 0 Å². The Hall–Kier alpha value is -0.550. The summed E-state index contributed by atoms with van der Waals surface area (Å²) in [5, 5.41) is 2.66. The largest absolute Gasteiger partial charge is 0.449 e. The van der Waals surface area contributed by atoms with E-state index < -0.39 is 6.09 Å². The SMILES string of the molecule is CCCOC(=O)Nc1c(Br)cccc1Br. The number of carbonyl (C=O) groups is 1. The third kappa shape index (κ3) is 3.83. The van der Waals surface area contributed by atoms with E-state index in [4.69, 9.17) is 4.74 Å². The molecule has 0 aliphatic carbocycles. The lowest BCUT2D eigenvalue weighted by Crippen LogP contribution is -2.14. The average Bonchev–Trinajstić information content (AvgIpc) is 2.21. The molecule has 5 heteroatoms. The molecule has 1 N–H and O–H groups in total. The normalized spacial score (nSPS) is 9.80. The van der Waals surface area contributed by atoms with Gasteiger partial charge >= 0.3 is 6.09 Å². The van der Waals surface area contributed by atoms with Gasteiger partial charge in [0.1, 0.15) is 0 Å². The highest BCUT2D eigenvalue weighted by atomic mass is 79.9. The summed E-state index contributed by atoms with van der Waals surface area (Å²) in [6.07, 6.45) is 0.370. The predicted octanol–water partition coefficient (Wildman–Crippen LogP) is 4.17. The Bertz CT molecular complexity index is 335. The number of ether oxygens (including phenoxy) is 1. The van der Waals surface area contributed by atoms with Crippen molar-refractivity contribution in [2.75, 3.05) is 11.9 Å². The lowest BCUT2D eigenvalue weighted by Gasteiger charge is -2.09. The Labute approximate surface area is 105 Å². The van der Waals surface area contributed by atoms with Gasteiger partial charge in [0.25, 0.3) is 0 Å². The fourth-order valence-corrected chi connectivity index (χ4v) is 2.15. The molecule has 1 amide bonds. The van der Waals surface area contributed by atoms with Crippen LogP contribution in [0.1, 0.15) is 13.3 Å². The molecule has 1 aromatic rings. The molecule has 0 aliphatic heterocycles. The Morgan fingerprint density at radius 2 is 2.00 bits per heavy atom. The molecule has 3 nitrogen and oxygen atoms in total. The summed E-state index contributed by atoms with van der Waals surface area (Å²) >= 11 is 6.69. The number of para-hydroxylation sites is 1. The minimum atomic E-state index is -0.440. The van der Waals surface area contributed by atoms with Crippen LogP contribution in [0, 0.1) is 0 Å². The van der Waals surface area contributed by atoms with Crippen LogP contribution < -0.4 is 5.32 Å². The molecule has 1 rings (SSSR count). The number of hydrogen-bond donors (Lipinski definition) is 1. The number of anilines is 1. The number of nitrogens with one attached hydrogen (secondary N) is 1. The van der Waals surface area contributed by atoms with E-state index in [1.54, 1.807) is 0 Å². The zero-order valence-electron chi connectivity index (χ0n) is 8.22. The highest BCUT2D eigenvalue weighted by Gasteiger charge is 2.08. The highest BCUT2D eigenvalue weighted by molar-refractivity contribution is 9.11. The molecule has 0 atom stereocenters. The van der Waals surface area contributed by atoms with E-state index in [0.29, 0.717) is 12.3 Å². The standard InChI is InChI=1S/C10H11Br2NO2/c1-2-6-15-10(14)13-9-7(11)4-3-5-8(9)12/h3-5H,2,6H2,1H3,(H,13,14). The van der Waals surface area contributed by atoms with E-state index >= 15 is 0 Å². The fraction of sp³-hybridized carbons (Fsp3) is 0.300. The van der Waals surface area contributed by atoms with Gasteiger partial charge in [0.2, 0.25) is 0 Å². The average molecular weight is 337 g/mol. The van der Waals surface area contributed by atoms with Gasteiger partial charge in [-0.3, -0.25) is 5.32 Å². The molecule has 0 aromatic heterocycles. The Kier molecular flexibility index (Phi) is 5.11. The summed E-state index contributed by atoms with van der Waals surface area (Å²) in [4.78, 5) is 11.3. The van der Waals surface area contributed by atoms with Crippen LogP contribution in [0.3, 0.4) is 0 Å². The number of carbonyl (C=O) groups excluding carboxylic acids is 1. The molecule has 0 unspecified atom stereocenters. The maximum absolute atomic E-state index is 11.3. The maximum Gasteiger partial charge on any atom is 0.411 e. The van der Waals surface area contributed by atoms with Gasteiger partial charge in [-0.2, -0.15) is 0 Å². The predicted molar refractivity (Wildman–Crippen MR) is 67.1 cm³/mol. The molecule has 0 spiro atoms. The topological polar surface area (TPSA) is 38.3 Å². The Morgan fingerprint density at radius 1 is 1.40 bits per heavy atom. The summed E-state index contributed by atoms with van der Waals surface area (Å²) in [7, 11) is 0. The molecule has 0 saturated heterocycles. The van der Waals surface area contributed by atoms with Crippen LogP contribution in [0.25, 0.3) is 0 Å². The van der Waals surface area contributed by atoms with Crippen molar-refractivity contribution in [3.05, 3.63) is 27.1 Å². The second-order valence-electron chi connectivity index (χ2n) is 2.86. The van der Waals surface area contributed by atoms with Crippen molar-refractivity contribution < 1.29 is 9.53 Å². The first kappa shape index (κ1) is 12.5. The molecular formula is C10H11Br2NO2. The van der Waals surface area contributed by atoms with Crippen molar-refractivity contribution in [3.8, 4) is 0 Å². The van der Waals surface area contributed by atoms with Crippen molar-refractivity contribution in [2.24, 2.45) is 0 Å². The number of rotatable bonds is 3. The first-order valence-corrected chi connectivity index (χ1v) is 6.11. The minimum Gasteiger partial charge on any atom is -0.449 e. The quantitative estimate of drug-likeness (QED) is 0.899. The van der Waals surface area contributed by atoms with Crippen molar-refractivity contribution in [3.63, 3.8) is 0 Å². The van der Waals surface area contributed by atoms with Crippen LogP contribution in [0.2, 0.25) is 0 Å². The van der Waals surface area contributed by atoms with E-state index in [0.717, 1.165) is 15.4 Å². The fourth-order valence-electron chi connectivity index (χ4n) is 0.950. The van der Waals surface area contributed by atoms with Crippen molar-refractivity contribution in [1.29, 1.82) is 0 Å². The van der Waals surface area contributed by atoms with Gasteiger partial charge < -0.3 is 4.74 Å². The van der Waals surface area contributed by atoms with Gasteiger partial charge in [-0.25, -0.2) is 4.79 Å². The second kappa shape index (κ2) is 6.12. The third-order valence-electron chi connectivity index (χ3n) is 1.63. The zero-order valence-corrected chi connectivity index (χ0v) is 11.4. The summed E-state index contributed by atoms with van der Waals surface area (Å²) in [6.45, 7) is 2.37. The van der Waals surface area contributed by atoms with Crippen LogP contribution in [0.15, 0.2) is 27.1 Å². The van der Waals surface area contributed by atoms with Gasteiger partial charge in [-0.05, 0) is 50.4 Å². The first-order valence-electron chi connectivity index (χ1n) is 4.53. The maximum atomic E-state index is 11.3. The zero-order chi connectivity index (χ0) is 11.3. The lowest BCUT2D eigenvalue weighted by molar-refractivity contribution is 0.161. The molecule has 0 fully saturated rings. The van der Waals surface area contributed by atoms with Crippen molar-refractivity contribution in [2.45, 2.75) is 13.3 Å². The summed E-state index contributed by atoms with van der Waals surface area (Å²) in [5.41, 5.74) is 0.679. The molecule has 0 bridgehead atoms. The van der Waals surface area contributed by atoms with E-state index in [2.05, 4.69) is 37.2 Å². The molecule has 0 saturated carbocycles. The van der Waals surface area contributed by atoms with Gasteiger partial charge in [0.15, 0.2) is 0 Å². The number of hydrogen-bond acceptors (Lipinski definition) is 2. The van der Waals surface area contributed by atoms with Crippen LogP contribution >= 0.6 is 31.9 Å². The molecule has 0 aliphatic rings. The lowest BCUT2D eigenvalue weighted by atomic mass is 10.3. The number of halogens is 2. The summed E-state index contributed by atoms with van der Waals surface area (Å²) in [5.74, 6) is 0. The minimum absolute atomic E-state index is 0.425. The molecule has 15 heavy (non-hydrogen) atoms. The van der Waals surface area contributed by atoms with Crippen molar-refractivity contribution in [1.82, 2.24) is 0 Å². The third-order valence-corrected chi connectivity index (χ3v) is 2.95. The van der Waals surface area contributed by atoms with Crippen LogP contribution in [0.5, 0.6) is 0 Å². The Balaban J connectivity index is 2.68. The molecule has 1 aromatic carbocycles. The smallest absolute Gasteiger partial charge is 0.411 e. The Morgan fingerprint density at radius 3 is 2.53 bits per heavy atom. The molecule has 0 heterocycles. The molecule has 0 radical (unpaired) electrons. The number of benzene rings is 1. The molecular weight excluding hydrogens is 326 g/mol. The molecule has 82 valence electrons. The summed E-state index contributed by atoms with van der Waals surface area (Å²) < 4.78 is 6.53. The summed E-state index contributed by atoms with van der Waals surface area (Å²) in [6, 6.07) is 5.57. The van der Waals surface area contributed by atoms with E-state index in [9.17, 15) is 4.79 Å². The van der Waals surface area contributed by atoms with Crippen molar-refractivity contribution >= 4 is 43.6 Å². The van der Waals surface area contributed by atoms with E-state index in [1.807, 2.05) is 25.1 Å². The van der Waals surface area contributed by atoms with E-state index in [-0.39, 0.29) is 0 Å². The van der Waals surface area contributed by atoms with Crippen LogP contribution in [-0.2, 0) is 4.74 Å². The monoisotopic (exact) mass is 335 g/mol. The van der Waals surface area contributed by atoms with Gasteiger partial charge in [-0.1, -0.05) is 13.0 Å². The van der Waals surface area contributed by atoms with E-state index in [1.165, 1.54) is 0 Å². The first-order chi connectivity index (χ1) is 7.15. The van der Waals surface area contributed by atoms with Crippen LogP contribution in [0.4, 0.5) is 10.5 Å². The number of amides is 1. The van der Waals surface area contributed by atoms with Gasteiger partial charge in [0, 0.05) is 8.95 Å².